The molecule has 0 saturated carbocycles. The lowest BCUT2D eigenvalue weighted by molar-refractivity contribution is -0.274. The molecule has 2 heterocycles. The van der Waals surface area contributed by atoms with E-state index in [1.807, 2.05) is 0 Å². The zero-order valence-corrected chi connectivity index (χ0v) is 16.5. The van der Waals surface area contributed by atoms with E-state index in [0.717, 1.165) is 56.7 Å². The van der Waals surface area contributed by atoms with Crippen LogP contribution in [-0.2, 0) is 10.0 Å². The highest BCUT2D eigenvalue weighted by atomic mass is 32.2. The minimum absolute atomic E-state index is 0.174. The van der Waals surface area contributed by atoms with E-state index < -0.39 is 22.1 Å². The zero-order valence-electron chi connectivity index (χ0n) is 15.7. The van der Waals surface area contributed by atoms with Gasteiger partial charge in [0.05, 0.1) is 23.0 Å². The van der Waals surface area contributed by atoms with Crippen LogP contribution in [0.2, 0.25) is 0 Å². The molecule has 1 fully saturated rings. The van der Waals surface area contributed by atoms with Gasteiger partial charge in [-0.3, -0.25) is 4.72 Å². The van der Waals surface area contributed by atoms with Crippen molar-refractivity contribution in [2.24, 2.45) is 0 Å². The Hall–Kier alpha value is -2.40. The molecule has 1 aliphatic heterocycles. The number of nitrogens with zero attached hydrogens (tertiary/aromatic N) is 3. The third kappa shape index (κ3) is 5.80. The average Bonchev–Trinajstić information content (AvgIpc) is 3.10. The Kier molecular flexibility index (Phi) is 6.27. The first-order chi connectivity index (χ1) is 13.7. The molecular formula is C18H21F3N4O3S. The summed E-state index contributed by atoms with van der Waals surface area (Å²) in [5, 5.41) is 0. The third-order valence-corrected chi connectivity index (χ3v) is 5.87. The quantitative estimate of drug-likeness (QED) is 0.725. The fourth-order valence-corrected chi connectivity index (χ4v) is 4.23. The van der Waals surface area contributed by atoms with Crippen LogP contribution >= 0.6 is 0 Å². The number of nitrogens with one attached hydrogen (secondary N) is 1. The van der Waals surface area contributed by atoms with Gasteiger partial charge in [-0.05, 0) is 50.2 Å². The van der Waals surface area contributed by atoms with E-state index >= 15 is 0 Å². The topological polar surface area (TPSA) is 84.4 Å². The first-order valence-electron chi connectivity index (χ1n) is 9.09. The summed E-state index contributed by atoms with van der Waals surface area (Å²) in [5.74, 6) is 0.381. The summed E-state index contributed by atoms with van der Waals surface area (Å²) in [6.07, 6.45) is -0.0212. The van der Waals surface area contributed by atoms with E-state index in [-0.39, 0.29) is 16.5 Å². The van der Waals surface area contributed by atoms with Gasteiger partial charge >= 0.3 is 6.36 Å². The van der Waals surface area contributed by atoms with E-state index in [4.69, 9.17) is 0 Å². The SMILES string of the molecule is CCCN1CCC(c2ncc(NS(=O)(=O)c3ccc(OC(F)(F)F)cc3)cn2)C1. The van der Waals surface area contributed by atoms with E-state index in [1.54, 1.807) is 0 Å². The first-order valence-corrected chi connectivity index (χ1v) is 10.6. The van der Waals surface area contributed by atoms with Gasteiger partial charge in [0, 0.05) is 12.5 Å². The lowest BCUT2D eigenvalue weighted by Gasteiger charge is -2.14. The number of hydrogen-bond donors (Lipinski definition) is 1. The van der Waals surface area contributed by atoms with Crippen molar-refractivity contribution in [3.8, 4) is 5.75 Å². The van der Waals surface area contributed by atoms with Crippen molar-refractivity contribution < 1.29 is 26.3 Å². The zero-order chi connectivity index (χ0) is 21.1. The summed E-state index contributed by atoms with van der Waals surface area (Å²) in [6.45, 7) is 5.03. The second-order valence-corrected chi connectivity index (χ2v) is 8.42. The van der Waals surface area contributed by atoms with Crippen molar-refractivity contribution in [1.82, 2.24) is 14.9 Å². The summed E-state index contributed by atoms with van der Waals surface area (Å²) in [5.41, 5.74) is 0.174. The van der Waals surface area contributed by atoms with Gasteiger partial charge in [-0.25, -0.2) is 18.4 Å². The molecule has 1 aliphatic rings. The standard InChI is InChI=1S/C18H21F3N4O3S/c1-2-8-25-9-7-13(12-25)17-22-10-14(11-23-17)24-29(26,27)16-5-3-15(4-6-16)28-18(19,20)21/h3-6,10-11,13,24H,2,7-9,12H2,1H3. The molecule has 2 aromatic rings. The fourth-order valence-electron chi connectivity index (χ4n) is 3.20. The minimum atomic E-state index is -4.84. The number of alkyl halides is 3. The van der Waals surface area contributed by atoms with E-state index in [0.29, 0.717) is 5.82 Å². The van der Waals surface area contributed by atoms with Crippen molar-refractivity contribution in [2.75, 3.05) is 24.4 Å². The number of sulfonamides is 1. The molecule has 1 saturated heterocycles. The third-order valence-electron chi connectivity index (χ3n) is 4.47. The molecule has 29 heavy (non-hydrogen) atoms. The summed E-state index contributed by atoms with van der Waals surface area (Å²) in [6, 6.07) is 3.92. The number of benzene rings is 1. The van der Waals surface area contributed by atoms with Crippen LogP contribution in [0.25, 0.3) is 0 Å². The molecule has 0 radical (unpaired) electrons. The highest BCUT2D eigenvalue weighted by molar-refractivity contribution is 7.92. The molecule has 0 amide bonds. The maximum Gasteiger partial charge on any atom is 0.573 e. The summed E-state index contributed by atoms with van der Waals surface area (Å²) in [7, 11) is -4.00. The molecule has 1 N–H and O–H groups in total. The Balaban J connectivity index is 1.64. The van der Waals surface area contributed by atoms with Crippen LogP contribution in [0.15, 0.2) is 41.6 Å². The Morgan fingerprint density at radius 1 is 1.21 bits per heavy atom. The largest absolute Gasteiger partial charge is 0.573 e. The Bertz CT molecular complexity index is 919. The fraction of sp³-hybridized carbons (Fsp3) is 0.444. The Morgan fingerprint density at radius 2 is 1.86 bits per heavy atom. The number of halogens is 3. The second-order valence-electron chi connectivity index (χ2n) is 6.74. The predicted octanol–water partition coefficient (Wildman–Crippen LogP) is 3.38. The van der Waals surface area contributed by atoms with Crippen molar-refractivity contribution in [2.45, 2.75) is 36.9 Å². The van der Waals surface area contributed by atoms with Gasteiger partial charge in [0.15, 0.2) is 0 Å². The van der Waals surface area contributed by atoms with E-state index in [1.165, 1.54) is 12.4 Å². The molecule has 0 bridgehead atoms. The van der Waals surface area contributed by atoms with Crippen molar-refractivity contribution in [3.05, 3.63) is 42.5 Å². The summed E-state index contributed by atoms with van der Waals surface area (Å²) >= 11 is 0. The molecule has 1 aromatic heterocycles. The van der Waals surface area contributed by atoms with Gasteiger partial charge in [0.25, 0.3) is 10.0 Å². The average molecular weight is 430 g/mol. The molecule has 7 nitrogen and oxygen atoms in total. The number of likely N-dealkylation sites (tertiary alicyclic amines) is 1. The molecule has 3 rings (SSSR count). The molecule has 158 valence electrons. The maximum absolute atomic E-state index is 12.4. The number of aromatic nitrogens is 2. The van der Waals surface area contributed by atoms with Crippen LogP contribution in [0.3, 0.4) is 0 Å². The van der Waals surface area contributed by atoms with Gasteiger partial charge < -0.3 is 9.64 Å². The van der Waals surface area contributed by atoms with E-state index in [2.05, 4.69) is 31.3 Å². The van der Waals surface area contributed by atoms with Gasteiger partial charge in [-0.15, -0.1) is 13.2 Å². The van der Waals surface area contributed by atoms with Crippen LogP contribution in [-0.4, -0.2) is 49.3 Å². The summed E-state index contributed by atoms with van der Waals surface area (Å²) < 4.78 is 67.5. The van der Waals surface area contributed by atoms with Gasteiger partial charge in [0.2, 0.25) is 0 Å². The Labute approximate surface area is 167 Å². The monoisotopic (exact) mass is 430 g/mol. The number of hydrogen-bond acceptors (Lipinski definition) is 6. The molecule has 1 atom stereocenters. The van der Waals surface area contributed by atoms with Crippen LogP contribution < -0.4 is 9.46 Å². The smallest absolute Gasteiger partial charge is 0.406 e. The molecule has 0 spiro atoms. The van der Waals surface area contributed by atoms with Crippen molar-refractivity contribution in [3.63, 3.8) is 0 Å². The molecule has 0 aliphatic carbocycles. The lowest BCUT2D eigenvalue weighted by Crippen LogP contribution is -2.21. The number of ether oxygens (including phenoxy) is 1. The van der Waals surface area contributed by atoms with Gasteiger partial charge in [0.1, 0.15) is 11.6 Å². The Morgan fingerprint density at radius 3 is 2.45 bits per heavy atom. The molecule has 1 unspecified atom stereocenters. The number of anilines is 1. The van der Waals surface area contributed by atoms with Gasteiger partial charge in [-0.1, -0.05) is 6.92 Å². The van der Waals surface area contributed by atoms with Crippen LogP contribution in [0.5, 0.6) is 5.75 Å². The van der Waals surface area contributed by atoms with Crippen LogP contribution in [0.1, 0.15) is 31.5 Å². The second kappa shape index (κ2) is 8.54. The summed E-state index contributed by atoms with van der Waals surface area (Å²) in [4.78, 5) is 10.7. The first kappa shape index (κ1) is 21.3. The molecule has 1 aromatic carbocycles. The van der Waals surface area contributed by atoms with Gasteiger partial charge in [-0.2, -0.15) is 0 Å². The normalized spacial score (nSPS) is 18.0. The van der Waals surface area contributed by atoms with Crippen molar-refractivity contribution >= 4 is 15.7 Å². The predicted molar refractivity (Wildman–Crippen MR) is 100 cm³/mol. The number of rotatable bonds is 7. The van der Waals surface area contributed by atoms with Crippen molar-refractivity contribution in [1.29, 1.82) is 0 Å². The van der Waals surface area contributed by atoms with Crippen LogP contribution in [0.4, 0.5) is 18.9 Å². The highest BCUT2D eigenvalue weighted by Gasteiger charge is 2.31. The maximum atomic E-state index is 12.4. The highest BCUT2D eigenvalue weighted by Crippen LogP contribution is 2.26. The van der Waals surface area contributed by atoms with Crippen LogP contribution in [0, 0.1) is 0 Å². The molecule has 11 heteroatoms. The molecular weight excluding hydrogens is 409 g/mol. The lowest BCUT2D eigenvalue weighted by atomic mass is 10.1. The minimum Gasteiger partial charge on any atom is -0.406 e. The van der Waals surface area contributed by atoms with E-state index in [9.17, 15) is 21.6 Å².